The van der Waals surface area contributed by atoms with Gasteiger partial charge in [-0.3, -0.25) is 4.98 Å². The van der Waals surface area contributed by atoms with E-state index in [9.17, 15) is 0 Å². The third kappa shape index (κ3) is 2.72. The highest BCUT2D eigenvalue weighted by Crippen LogP contribution is 2.16. The molecule has 0 amide bonds. The first-order valence-corrected chi connectivity index (χ1v) is 5.51. The summed E-state index contributed by atoms with van der Waals surface area (Å²) in [6, 6.07) is 9.70. The van der Waals surface area contributed by atoms with Crippen molar-refractivity contribution < 1.29 is 0 Å². The maximum Gasteiger partial charge on any atom is 0.129 e. The molecule has 0 radical (unpaired) electrons. The molecule has 2 rings (SSSR count). The summed E-state index contributed by atoms with van der Waals surface area (Å²) in [6.45, 7) is 2.64. The smallest absolute Gasteiger partial charge is 0.129 e. The number of aryl methyl sites for hydroxylation is 1. The van der Waals surface area contributed by atoms with Gasteiger partial charge in [0.2, 0.25) is 0 Å². The lowest BCUT2D eigenvalue weighted by atomic mass is 10.3. The largest absolute Gasteiger partial charge is 0.397 e. The zero-order valence-corrected chi connectivity index (χ0v) is 10.1. The molecule has 0 saturated carbocycles. The number of nitrogen functional groups attached to an aromatic ring is 1. The summed E-state index contributed by atoms with van der Waals surface area (Å²) >= 11 is 0. The summed E-state index contributed by atoms with van der Waals surface area (Å²) in [5, 5.41) is 0. The van der Waals surface area contributed by atoms with Gasteiger partial charge in [0.15, 0.2) is 0 Å². The van der Waals surface area contributed by atoms with Gasteiger partial charge in [-0.25, -0.2) is 4.98 Å². The van der Waals surface area contributed by atoms with Gasteiger partial charge in [0.1, 0.15) is 5.82 Å². The van der Waals surface area contributed by atoms with Crippen molar-refractivity contribution in [3.05, 3.63) is 47.9 Å². The lowest BCUT2D eigenvalue weighted by Crippen LogP contribution is -2.18. The van der Waals surface area contributed by atoms with Crippen LogP contribution in [0.5, 0.6) is 0 Å². The van der Waals surface area contributed by atoms with E-state index in [1.165, 1.54) is 0 Å². The molecular weight excluding hydrogens is 212 g/mol. The van der Waals surface area contributed by atoms with Gasteiger partial charge in [-0.05, 0) is 31.2 Å². The average molecular weight is 228 g/mol. The molecule has 88 valence electrons. The van der Waals surface area contributed by atoms with Gasteiger partial charge in [0, 0.05) is 13.2 Å². The van der Waals surface area contributed by atoms with Crippen LogP contribution in [0.2, 0.25) is 0 Å². The fraction of sp³-hybridized carbons (Fsp3) is 0.231. The van der Waals surface area contributed by atoms with Crippen molar-refractivity contribution in [2.75, 3.05) is 17.7 Å². The summed E-state index contributed by atoms with van der Waals surface area (Å²) in [7, 11) is 1.99. The van der Waals surface area contributed by atoms with Crippen LogP contribution >= 0.6 is 0 Å². The van der Waals surface area contributed by atoms with Gasteiger partial charge in [0.25, 0.3) is 0 Å². The van der Waals surface area contributed by atoms with Crippen LogP contribution in [0.3, 0.4) is 0 Å². The second-order valence-electron chi connectivity index (χ2n) is 4.02. The number of hydrogen-bond acceptors (Lipinski definition) is 4. The Morgan fingerprint density at radius 1 is 1.24 bits per heavy atom. The molecule has 0 spiro atoms. The van der Waals surface area contributed by atoms with Crippen LogP contribution < -0.4 is 10.6 Å². The van der Waals surface area contributed by atoms with E-state index in [2.05, 4.69) is 14.9 Å². The van der Waals surface area contributed by atoms with E-state index in [0.29, 0.717) is 0 Å². The standard InChI is InChI=1S/C13H16N4/c1-10-12(14)6-7-13(16-10)17(2)9-11-5-3-4-8-15-11/h3-8H,9,14H2,1-2H3. The van der Waals surface area contributed by atoms with E-state index >= 15 is 0 Å². The molecule has 17 heavy (non-hydrogen) atoms. The minimum absolute atomic E-state index is 0.722. The maximum atomic E-state index is 5.75. The SMILES string of the molecule is Cc1nc(N(C)Cc2ccccn2)ccc1N. The van der Waals surface area contributed by atoms with Gasteiger partial charge in [-0.2, -0.15) is 0 Å². The Bertz CT molecular complexity index is 496. The molecular formula is C13H16N4. The second-order valence-corrected chi connectivity index (χ2v) is 4.02. The maximum absolute atomic E-state index is 5.75. The van der Waals surface area contributed by atoms with Crippen molar-refractivity contribution in [1.82, 2.24) is 9.97 Å². The van der Waals surface area contributed by atoms with Gasteiger partial charge >= 0.3 is 0 Å². The highest BCUT2D eigenvalue weighted by atomic mass is 15.2. The van der Waals surface area contributed by atoms with Crippen LogP contribution in [0.1, 0.15) is 11.4 Å². The van der Waals surface area contributed by atoms with Gasteiger partial charge in [0.05, 0.1) is 23.6 Å². The minimum atomic E-state index is 0.722. The molecule has 0 atom stereocenters. The summed E-state index contributed by atoms with van der Waals surface area (Å²) in [5.74, 6) is 0.905. The van der Waals surface area contributed by atoms with E-state index in [-0.39, 0.29) is 0 Å². The second kappa shape index (κ2) is 4.82. The first-order valence-electron chi connectivity index (χ1n) is 5.51. The van der Waals surface area contributed by atoms with E-state index in [1.54, 1.807) is 6.20 Å². The average Bonchev–Trinajstić information content (AvgIpc) is 2.34. The van der Waals surface area contributed by atoms with Crippen molar-refractivity contribution in [1.29, 1.82) is 0 Å². The van der Waals surface area contributed by atoms with Gasteiger partial charge < -0.3 is 10.6 Å². The number of anilines is 2. The Labute approximate surface area is 101 Å². The summed E-state index contributed by atoms with van der Waals surface area (Å²) in [6.07, 6.45) is 1.80. The summed E-state index contributed by atoms with van der Waals surface area (Å²) in [4.78, 5) is 10.8. The number of hydrogen-bond donors (Lipinski definition) is 1. The Kier molecular flexibility index (Phi) is 3.23. The molecule has 2 aromatic rings. The lowest BCUT2D eigenvalue weighted by molar-refractivity contribution is 0.862. The van der Waals surface area contributed by atoms with E-state index in [4.69, 9.17) is 5.73 Å². The molecule has 0 fully saturated rings. The molecule has 2 heterocycles. The molecule has 4 heteroatoms. The van der Waals surface area contributed by atoms with Crippen LogP contribution in [0.25, 0.3) is 0 Å². The van der Waals surface area contributed by atoms with Gasteiger partial charge in [-0.1, -0.05) is 6.07 Å². The Hall–Kier alpha value is -2.10. The fourth-order valence-corrected chi connectivity index (χ4v) is 1.59. The topological polar surface area (TPSA) is 55.0 Å². The van der Waals surface area contributed by atoms with Crippen LogP contribution in [-0.2, 0) is 6.54 Å². The van der Waals surface area contributed by atoms with E-state index in [1.807, 2.05) is 44.3 Å². The highest BCUT2D eigenvalue weighted by Gasteiger charge is 2.05. The molecule has 0 unspecified atom stereocenters. The Morgan fingerprint density at radius 2 is 2.06 bits per heavy atom. The zero-order chi connectivity index (χ0) is 12.3. The van der Waals surface area contributed by atoms with Crippen molar-refractivity contribution in [2.45, 2.75) is 13.5 Å². The van der Waals surface area contributed by atoms with Crippen LogP contribution in [0.15, 0.2) is 36.5 Å². The molecule has 0 aliphatic rings. The molecule has 0 saturated heterocycles. The fourth-order valence-electron chi connectivity index (χ4n) is 1.59. The number of aromatic nitrogens is 2. The highest BCUT2D eigenvalue weighted by molar-refractivity contribution is 5.50. The van der Waals surface area contributed by atoms with Crippen molar-refractivity contribution in [3.8, 4) is 0 Å². The van der Waals surface area contributed by atoms with Crippen molar-refractivity contribution in [3.63, 3.8) is 0 Å². The Morgan fingerprint density at radius 3 is 2.71 bits per heavy atom. The quantitative estimate of drug-likeness (QED) is 0.873. The van der Waals surface area contributed by atoms with Crippen molar-refractivity contribution in [2.24, 2.45) is 0 Å². The molecule has 2 aromatic heterocycles. The third-order valence-electron chi connectivity index (χ3n) is 2.63. The number of rotatable bonds is 3. The number of pyridine rings is 2. The van der Waals surface area contributed by atoms with Crippen LogP contribution in [0.4, 0.5) is 11.5 Å². The molecule has 0 aliphatic carbocycles. The zero-order valence-electron chi connectivity index (χ0n) is 10.1. The summed E-state index contributed by atoms with van der Waals surface area (Å²) < 4.78 is 0. The van der Waals surface area contributed by atoms with Gasteiger partial charge in [-0.15, -0.1) is 0 Å². The minimum Gasteiger partial charge on any atom is -0.397 e. The van der Waals surface area contributed by atoms with E-state index in [0.717, 1.165) is 29.4 Å². The monoisotopic (exact) mass is 228 g/mol. The number of nitrogens with zero attached hydrogens (tertiary/aromatic N) is 3. The van der Waals surface area contributed by atoms with Crippen LogP contribution in [0, 0.1) is 6.92 Å². The molecule has 0 aliphatic heterocycles. The molecule has 0 aromatic carbocycles. The summed E-state index contributed by atoms with van der Waals surface area (Å²) in [5.41, 5.74) is 8.35. The molecule has 0 bridgehead atoms. The normalized spacial score (nSPS) is 10.2. The molecule has 4 nitrogen and oxygen atoms in total. The predicted octanol–water partition coefficient (Wildman–Crippen LogP) is 2.00. The third-order valence-corrected chi connectivity index (χ3v) is 2.63. The van der Waals surface area contributed by atoms with E-state index < -0.39 is 0 Å². The van der Waals surface area contributed by atoms with Crippen LogP contribution in [-0.4, -0.2) is 17.0 Å². The predicted molar refractivity (Wildman–Crippen MR) is 69.7 cm³/mol. The molecule has 2 N–H and O–H groups in total. The van der Waals surface area contributed by atoms with Crippen molar-refractivity contribution >= 4 is 11.5 Å². The number of nitrogens with two attached hydrogens (primary N) is 1. The lowest BCUT2D eigenvalue weighted by Gasteiger charge is -2.18. The first-order chi connectivity index (χ1) is 8.16. The first kappa shape index (κ1) is 11.4. The Balaban J connectivity index is 2.14.